The van der Waals surface area contributed by atoms with Crippen molar-refractivity contribution in [1.29, 1.82) is 0 Å². The minimum Gasteiger partial charge on any atom is -0.351 e. The quantitative estimate of drug-likeness (QED) is 0.588. The largest absolute Gasteiger partial charge is 0.351 e. The smallest absolute Gasteiger partial charge is 0.244 e. The molecule has 1 atom stereocenters. The summed E-state index contributed by atoms with van der Waals surface area (Å²) in [6, 6.07) is -0.152. The van der Waals surface area contributed by atoms with Gasteiger partial charge in [-0.2, -0.15) is 5.10 Å². The summed E-state index contributed by atoms with van der Waals surface area (Å²) in [4.78, 5) is 11.8. The average Bonchev–Trinajstić information content (AvgIpc) is 2.82. The topological polar surface area (TPSA) is 119 Å². The lowest BCUT2D eigenvalue weighted by Crippen LogP contribution is -2.45. The van der Waals surface area contributed by atoms with Crippen molar-refractivity contribution in [2.75, 3.05) is 13.1 Å². The number of nitrogens with one attached hydrogen (secondary N) is 2. The van der Waals surface area contributed by atoms with Crippen molar-refractivity contribution >= 4 is 28.3 Å². The molecule has 10 heteroatoms. The average molecular weight is 354 g/mol. The Morgan fingerprint density at radius 1 is 1.45 bits per heavy atom. The van der Waals surface area contributed by atoms with Gasteiger partial charge in [0.05, 0.1) is 12.7 Å². The van der Waals surface area contributed by atoms with Crippen LogP contribution in [-0.2, 0) is 21.9 Å². The Morgan fingerprint density at radius 3 is 2.55 bits per heavy atom. The molecule has 0 aliphatic heterocycles. The molecule has 1 amide bonds. The van der Waals surface area contributed by atoms with E-state index in [2.05, 4.69) is 15.1 Å². The van der Waals surface area contributed by atoms with Gasteiger partial charge >= 0.3 is 0 Å². The fraction of sp³-hybridized carbons (Fsp3) is 0.667. The van der Waals surface area contributed by atoms with E-state index in [0.717, 1.165) is 6.42 Å². The van der Waals surface area contributed by atoms with Crippen LogP contribution in [-0.4, -0.2) is 43.2 Å². The summed E-state index contributed by atoms with van der Waals surface area (Å²) in [5.74, 6) is -0.00972. The highest BCUT2D eigenvalue weighted by atomic mass is 35.5. The van der Waals surface area contributed by atoms with E-state index in [1.165, 1.54) is 17.1 Å². The van der Waals surface area contributed by atoms with Gasteiger partial charge in [-0.05, 0) is 12.3 Å². The highest BCUT2D eigenvalue weighted by molar-refractivity contribution is 7.89. The van der Waals surface area contributed by atoms with Crippen LogP contribution in [0, 0.1) is 5.92 Å². The Hall–Kier alpha value is -1.16. The molecule has 0 aliphatic rings. The Balaban J connectivity index is 0.00000441. The van der Waals surface area contributed by atoms with Gasteiger partial charge in [0, 0.05) is 25.8 Å². The van der Waals surface area contributed by atoms with Crippen LogP contribution in [0.2, 0.25) is 0 Å². The lowest BCUT2D eigenvalue weighted by Gasteiger charge is -2.18. The van der Waals surface area contributed by atoms with Gasteiger partial charge in [0.1, 0.15) is 4.90 Å². The monoisotopic (exact) mass is 353 g/mol. The summed E-state index contributed by atoms with van der Waals surface area (Å²) in [5.41, 5.74) is 5.58. The maximum absolute atomic E-state index is 11.9. The van der Waals surface area contributed by atoms with Gasteiger partial charge < -0.3 is 11.1 Å². The number of hydrogen-bond acceptors (Lipinski definition) is 5. The first-order chi connectivity index (χ1) is 9.74. The molecule has 0 aliphatic carbocycles. The molecule has 128 valence electrons. The summed E-state index contributed by atoms with van der Waals surface area (Å²) < 4.78 is 27.4. The third kappa shape index (κ3) is 6.73. The summed E-state index contributed by atoms with van der Waals surface area (Å²) in [6.45, 7) is 4.05. The fourth-order valence-corrected chi connectivity index (χ4v) is 2.81. The highest BCUT2D eigenvalue weighted by Crippen LogP contribution is 2.06. The van der Waals surface area contributed by atoms with Gasteiger partial charge in [-0.1, -0.05) is 13.8 Å². The summed E-state index contributed by atoms with van der Waals surface area (Å²) in [5, 5.41) is 6.50. The van der Waals surface area contributed by atoms with Gasteiger partial charge in [0.2, 0.25) is 15.9 Å². The predicted octanol–water partition coefficient (Wildman–Crippen LogP) is -0.390. The van der Waals surface area contributed by atoms with E-state index in [9.17, 15) is 13.2 Å². The molecule has 0 saturated carbocycles. The first-order valence-corrected chi connectivity index (χ1v) is 8.20. The molecule has 1 rings (SSSR count). The zero-order valence-corrected chi connectivity index (χ0v) is 14.6. The minimum absolute atomic E-state index is 0. The van der Waals surface area contributed by atoms with Crippen molar-refractivity contribution in [3.63, 3.8) is 0 Å². The Morgan fingerprint density at radius 2 is 2.09 bits per heavy atom. The van der Waals surface area contributed by atoms with Gasteiger partial charge in [-0.15, -0.1) is 12.4 Å². The molecule has 0 radical (unpaired) electrons. The van der Waals surface area contributed by atoms with Crippen molar-refractivity contribution in [2.45, 2.75) is 31.2 Å². The van der Waals surface area contributed by atoms with Crippen LogP contribution >= 0.6 is 12.4 Å². The SMILES string of the molecule is CC(C)CC(CN)NC(=O)CNS(=O)(=O)c1cnn(C)c1.Cl. The lowest BCUT2D eigenvalue weighted by atomic mass is 10.0. The number of rotatable bonds is 8. The number of carbonyl (C=O) groups is 1. The van der Waals surface area contributed by atoms with Crippen LogP contribution in [0.4, 0.5) is 0 Å². The maximum atomic E-state index is 11.9. The number of aromatic nitrogens is 2. The molecule has 0 saturated heterocycles. The van der Waals surface area contributed by atoms with Gasteiger partial charge in [0.15, 0.2) is 0 Å². The molecule has 0 aromatic carbocycles. The third-order valence-corrected chi connectivity index (χ3v) is 4.18. The molecule has 22 heavy (non-hydrogen) atoms. The predicted molar refractivity (Wildman–Crippen MR) is 86.1 cm³/mol. The van der Waals surface area contributed by atoms with Crippen molar-refractivity contribution in [3.05, 3.63) is 12.4 Å². The van der Waals surface area contributed by atoms with Crippen molar-refractivity contribution in [2.24, 2.45) is 18.7 Å². The van der Waals surface area contributed by atoms with Gasteiger partial charge in [-0.3, -0.25) is 9.48 Å². The maximum Gasteiger partial charge on any atom is 0.244 e. The van der Waals surface area contributed by atoms with E-state index in [1.807, 2.05) is 13.8 Å². The van der Waals surface area contributed by atoms with Crippen LogP contribution < -0.4 is 15.8 Å². The van der Waals surface area contributed by atoms with E-state index in [1.54, 1.807) is 7.05 Å². The molecular formula is C12H24ClN5O3S. The molecule has 1 aromatic heterocycles. The van der Waals surface area contributed by atoms with Crippen LogP contribution in [0.25, 0.3) is 0 Å². The molecule has 8 nitrogen and oxygen atoms in total. The van der Waals surface area contributed by atoms with E-state index >= 15 is 0 Å². The number of nitrogens with zero attached hydrogens (tertiary/aromatic N) is 2. The Labute approximate surface area is 137 Å². The Bertz CT molecular complexity index is 573. The van der Waals surface area contributed by atoms with E-state index in [0.29, 0.717) is 12.5 Å². The second kappa shape index (κ2) is 9.09. The van der Waals surface area contributed by atoms with Crippen molar-refractivity contribution in [3.8, 4) is 0 Å². The molecular weight excluding hydrogens is 330 g/mol. The number of amides is 1. The molecule has 1 heterocycles. The number of carbonyl (C=O) groups excluding carboxylic acids is 1. The van der Waals surface area contributed by atoms with Crippen molar-refractivity contribution < 1.29 is 13.2 Å². The van der Waals surface area contributed by atoms with Crippen molar-refractivity contribution in [1.82, 2.24) is 19.8 Å². The molecule has 0 fully saturated rings. The number of nitrogens with two attached hydrogens (primary N) is 1. The molecule has 1 unspecified atom stereocenters. The summed E-state index contributed by atoms with van der Waals surface area (Å²) in [6.07, 6.45) is 3.33. The third-order valence-electron chi connectivity index (χ3n) is 2.82. The molecule has 0 spiro atoms. The standard InChI is InChI=1S/C12H23N5O3S.ClH/c1-9(2)4-10(5-13)16-12(18)7-15-21(19,20)11-6-14-17(3)8-11;/h6,8-10,15H,4-5,7,13H2,1-3H3,(H,16,18);1H. The zero-order chi connectivity index (χ0) is 16.0. The summed E-state index contributed by atoms with van der Waals surface area (Å²) >= 11 is 0. The minimum atomic E-state index is -3.73. The first-order valence-electron chi connectivity index (χ1n) is 6.72. The number of halogens is 1. The number of sulfonamides is 1. The number of hydrogen-bond donors (Lipinski definition) is 3. The molecule has 4 N–H and O–H groups in total. The Kier molecular flexibility index (Phi) is 8.61. The molecule has 1 aromatic rings. The second-order valence-corrected chi connectivity index (χ2v) is 7.07. The second-order valence-electron chi connectivity index (χ2n) is 5.30. The van der Waals surface area contributed by atoms with E-state index < -0.39 is 15.9 Å². The van der Waals surface area contributed by atoms with Crippen LogP contribution in [0.5, 0.6) is 0 Å². The summed E-state index contributed by atoms with van der Waals surface area (Å²) in [7, 11) is -2.11. The van der Waals surface area contributed by atoms with Crippen LogP contribution in [0.3, 0.4) is 0 Å². The highest BCUT2D eigenvalue weighted by Gasteiger charge is 2.18. The van der Waals surface area contributed by atoms with Gasteiger partial charge in [0.25, 0.3) is 0 Å². The van der Waals surface area contributed by atoms with Crippen LogP contribution in [0.15, 0.2) is 17.3 Å². The molecule has 0 bridgehead atoms. The lowest BCUT2D eigenvalue weighted by molar-refractivity contribution is -0.120. The first kappa shape index (κ1) is 20.8. The fourth-order valence-electron chi connectivity index (χ4n) is 1.84. The van der Waals surface area contributed by atoms with Gasteiger partial charge in [-0.25, -0.2) is 13.1 Å². The normalized spacial score (nSPS) is 12.8. The zero-order valence-electron chi connectivity index (χ0n) is 12.9. The van der Waals surface area contributed by atoms with E-state index in [-0.39, 0.29) is 29.9 Å². The number of aryl methyl sites for hydroxylation is 1. The van der Waals surface area contributed by atoms with E-state index in [4.69, 9.17) is 5.73 Å². The van der Waals surface area contributed by atoms with Crippen LogP contribution in [0.1, 0.15) is 20.3 Å².